The molecule has 21 heavy (non-hydrogen) atoms. The van der Waals surface area contributed by atoms with Gasteiger partial charge in [-0.3, -0.25) is 0 Å². The standard InChI is InChI=1S/C15H15F3N2S/c1-9(2)6-12-8-13(21)20-14(19-12)10-4-3-5-11(7-10)15(16,17)18/h3-5,7-9H,6H2,1-2H3,(H,19,20,21). The number of halogens is 3. The van der Waals surface area contributed by atoms with Crippen LogP contribution in [0.25, 0.3) is 11.4 Å². The second kappa shape index (κ2) is 5.97. The maximum atomic E-state index is 12.8. The van der Waals surface area contributed by atoms with Crippen LogP contribution in [0.15, 0.2) is 30.3 Å². The largest absolute Gasteiger partial charge is 0.416 e. The lowest BCUT2D eigenvalue weighted by molar-refractivity contribution is -0.137. The van der Waals surface area contributed by atoms with Gasteiger partial charge in [-0.2, -0.15) is 13.2 Å². The second-order valence-electron chi connectivity index (χ2n) is 5.27. The summed E-state index contributed by atoms with van der Waals surface area (Å²) in [7, 11) is 0. The molecular formula is C15H15F3N2S. The van der Waals surface area contributed by atoms with Crippen molar-refractivity contribution in [3.05, 3.63) is 46.2 Å². The third-order valence-electron chi connectivity index (χ3n) is 2.89. The molecule has 6 heteroatoms. The van der Waals surface area contributed by atoms with Crippen LogP contribution < -0.4 is 0 Å². The first-order valence-corrected chi connectivity index (χ1v) is 6.94. The van der Waals surface area contributed by atoms with Crippen LogP contribution in [0.4, 0.5) is 13.2 Å². The van der Waals surface area contributed by atoms with Gasteiger partial charge in [0.25, 0.3) is 0 Å². The van der Waals surface area contributed by atoms with Gasteiger partial charge in [-0.15, -0.1) is 0 Å². The summed E-state index contributed by atoms with van der Waals surface area (Å²) in [6, 6.07) is 6.81. The molecule has 1 aromatic heterocycles. The Morgan fingerprint density at radius 3 is 2.57 bits per heavy atom. The van der Waals surface area contributed by atoms with Crippen molar-refractivity contribution in [2.45, 2.75) is 26.4 Å². The zero-order valence-electron chi connectivity index (χ0n) is 11.7. The highest BCUT2D eigenvalue weighted by Crippen LogP contribution is 2.31. The van der Waals surface area contributed by atoms with E-state index in [9.17, 15) is 13.2 Å². The van der Waals surface area contributed by atoms with Gasteiger partial charge in [0.05, 0.1) is 5.56 Å². The van der Waals surface area contributed by atoms with Gasteiger partial charge < -0.3 is 4.98 Å². The average Bonchev–Trinajstić information content (AvgIpc) is 2.36. The number of alkyl halides is 3. The summed E-state index contributed by atoms with van der Waals surface area (Å²) >= 11 is 5.09. The number of aromatic nitrogens is 2. The SMILES string of the molecule is CC(C)Cc1cc(=S)nc(-c2cccc(C(F)(F)F)c2)[nH]1. The lowest BCUT2D eigenvalue weighted by atomic mass is 10.1. The molecule has 0 aliphatic rings. The number of nitrogens with one attached hydrogen (secondary N) is 1. The first-order chi connectivity index (χ1) is 9.75. The van der Waals surface area contributed by atoms with Crippen molar-refractivity contribution in [3.8, 4) is 11.4 Å². The quantitative estimate of drug-likeness (QED) is 0.806. The molecule has 0 bridgehead atoms. The van der Waals surface area contributed by atoms with E-state index in [0.717, 1.165) is 24.2 Å². The third-order valence-corrected chi connectivity index (χ3v) is 3.10. The first-order valence-electron chi connectivity index (χ1n) is 6.53. The van der Waals surface area contributed by atoms with Crippen LogP contribution in [0.2, 0.25) is 0 Å². The van der Waals surface area contributed by atoms with Crippen LogP contribution >= 0.6 is 12.2 Å². The van der Waals surface area contributed by atoms with Crippen LogP contribution in [0.3, 0.4) is 0 Å². The van der Waals surface area contributed by atoms with Crippen molar-refractivity contribution in [2.75, 3.05) is 0 Å². The first kappa shape index (κ1) is 15.7. The van der Waals surface area contributed by atoms with Crippen molar-refractivity contribution in [2.24, 2.45) is 5.92 Å². The second-order valence-corrected chi connectivity index (χ2v) is 5.69. The highest BCUT2D eigenvalue weighted by Gasteiger charge is 2.30. The van der Waals surface area contributed by atoms with E-state index in [2.05, 4.69) is 23.8 Å². The predicted octanol–water partition coefficient (Wildman–Crippen LogP) is 5.02. The molecule has 0 fully saturated rings. The van der Waals surface area contributed by atoms with Gasteiger partial charge in [0.1, 0.15) is 10.5 Å². The fourth-order valence-electron chi connectivity index (χ4n) is 2.04. The zero-order valence-corrected chi connectivity index (χ0v) is 12.5. The molecule has 2 nitrogen and oxygen atoms in total. The summed E-state index contributed by atoms with van der Waals surface area (Å²) in [5.41, 5.74) is 0.550. The number of aromatic amines is 1. The van der Waals surface area contributed by atoms with Crippen molar-refractivity contribution in [1.29, 1.82) is 0 Å². The Labute approximate surface area is 126 Å². The number of hydrogen-bond donors (Lipinski definition) is 1. The summed E-state index contributed by atoms with van der Waals surface area (Å²) in [5, 5.41) is 0. The average molecular weight is 312 g/mol. The topological polar surface area (TPSA) is 28.7 Å². The van der Waals surface area contributed by atoms with Crippen LogP contribution in [0, 0.1) is 10.6 Å². The summed E-state index contributed by atoms with van der Waals surface area (Å²) in [6.45, 7) is 4.11. The Balaban J connectivity index is 2.47. The molecule has 112 valence electrons. The number of benzene rings is 1. The summed E-state index contributed by atoms with van der Waals surface area (Å²) < 4.78 is 38.7. The van der Waals surface area contributed by atoms with Gasteiger partial charge in [-0.1, -0.05) is 38.2 Å². The van der Waals surface area contributed by atoms with Gasteiger partial charge in [-0.05, 0) is 30.5 Å². The Kier molecular flexibility index (Phi) is 4.46. The van der Waals surface area contributed by atoms with Gasteiger partial charge in [0.2, 0.25) is 0 Å². The Morgan fingerprint density at radius 2 is 1.95 bits per heavy atom. The Bertz CT molecular complexity index is 690. The molecule has 1 heterocycles. The lowest BCUT2D eigenvalue weighted by Crippen LogP contribution is -2.05. The minimum Gasteiger partial charge on any atom is -0.343 e. The summed E-state index contributed by atoms with van der Waals surface area (Å²) in [4.78, 5) is 7.19. The molecule has 0 unspecified atom stereocenters. The van der Waals surface area contributed by atoms with E-state index < -0.39 is 11.7 Å². The molecule has 0 aliphatic carbocycles. The van der Waals surface area contributed by atoms with E-state index in [1.807, 2.05) is 0 Å². The molecule has 2 rings (SSSR count). The van der Waals surface area contributed by atoms with E-state index in [0.29, 0.717) is 21.9 Å². The van der Waals surface area contributed by atoms with Crippen molar-refractivity contribution in [3.63, 3.8) is 0 Å². The highest BCUT2D eigenvalue weighted by atomic mass is 32.1. The molecule has 0 saturated carbocycles. The minimum absolute atomic E-state index is 0.365. The molecule has 1 N–H and O–H groups in total. The molecule has 0 spiro atoms. The van der Waals surface area contributed by atoms with E-state index >= 15 is 0 Å². The van der Waals surface area contributed by atoms with Gasteiger partial charge in [0, 0.05) is 11.3 Å². The number of hydrogen-bond acceptors (Lipinski definition) is 2. The van der Waals surface area contributed by atoms with Crippen LogP contribution in [0.1, 0.15) is 25.1 Å². The monoisotopic (exact) mass is 312 g/mol. The molecule has 1 aromatic carbocycles. The zero-order chi connectivity index (χ0) is 15.6. The molecule has 0 saturated heterocycles. The third kappa shape index (κ3) is 4.14. The Hall–Kier alpha value is -1.69. The fourth-order valence-corrected chi connectivity index (χ4v) is 2.27. The number of nitrogens with zero attached hydrogens (tertiary/aromatic N) is 1. The molecule has 0 atom stereocenters. The Morgan fingerprint density at radius 1 is 1.24 bits per heavy atom. The summed E-state index contributed by atoms with van der Waals surface area (Å²) in [6.07, 6.45) is -3.61. The highest BCUT2D eigenvalue weighted by molar-refractivity contribution is 7.71. The van der Waals surface area contributed by atoms with Crippen LogP contribution in [0.5, 0.6) is 0 Å². The smallest absolute Gasteiger partial charge is 0.343 e. The minimum atomic E-state index is -4.37. The molecular weight excluding hydrogens is 297 g/mol. The maximum Gasteiger partial charge on any atom is 0.416 e. The molecule has 2 aromatic rings. The van der Waals surface area contributed by atoms with Crippen molar-refractivity contribution in [1.82, 2.24) is 9.97 Å². The van der Waals surface area contributed by atoms with Crippen LogP contribution in [-0.2, 0) is 12.6 Å². The molecule has 0 amide bonds. The van der Waals surface area contributed by atoms with E-state index in [4.69, 9.17) is 12.2 Å². The molecule has 0 radical (unpaired) electrons. The van der Waals surface area contributed by atoms with Crippen molar-refractivity contribution >= 4 is 12.2 Å². The fraction of sp³-hybridized carbons (Fsp3) is 0.333. The van der Waals surface area contributed by atoms with Gasteiger partial charge in [0.15, 0.2) is 0 Å². The predicted molar refractivity (Wildman–Crippen MR) is 78.4 cm³/mol. The summed E-state index contributed by atoms with van der Waals surface area (Å²) in [5.74, 6) is 0.775. The maximum absolute atomic E-state index is 12.8. The molecule has 0 aliphatic heterocycles. The van der Waals surface area contributed by atoms with Gasteiger partial charge >= 0.3 is 6.18 Å². The van der Waals surface area contributed by atoms with Gasteiger partial charge in [-0.25, -0.2) is 4.98 Å². The lowest BCUT2D eigenvalue weighted by Gasteiger charge is -2.10. The van der Waals surface area contributed by atoms with Crippen LogP contribution in [-0.4, -0.2) is 9.97 Å². The number of rotatable bonds is 3. The van der Waals surface area contributed by atoms with Crippen molar-refractivity contribution < 1.29 is 13.2 Å². The number of H-pyrrole nitrogens is 1. The van der Waals surface area contributed by atoms with E-state index in [1.165, 1.54) is 6.07 Å². The van der Waals surface area contributed by atoms with E-state index in [1.54, 1.807) is 12.1 Å². The normalized spacial score (nSPS) is 11.9. The van der Waals surface area contributed by atoms with E-state index in [-0.39, 0.29) is 0 Å².